The normalized spacial score (nSPS) is 10.6. The first-order valence-electron chi connectivity index (χ1n) is 5.92. The largest absolute Gasteiger partial charge is 0.477 e. The van der Waals surface area contributed by atoms with Gasteiger partial charge in [0.2, 0.25) is 0 Å². The number of carboxylic acids is 1. The predicted molar refractivity (Wildman–Crippen MR) is 73.2 cm³/mol. The van der Waals surface area contributed by atoms with E-state index in [-0.39, 0.29) is 0 Å². The Bertz CT molecular complexity index is 575. The number of rotatable bonds is 4. The highest BCUT2D eigenvalue weighted by Crippen LogP contribution is 2.29. The van der Waals surface area contributed by atoms with Gasteiger partial charge >= 0.3 is 5.97 Å². The van der Waals surface area contributed by atoms with Crippen molar-refractivity contribution in [3.8, 4) is 10.6 Å². The zero-order chi connectivity index (χ0) is 13.1. The molecule has 0 bridgehead atoms. The summed E-state index contributed by atoms with van der Waals surface area (Å²) < 4.78 is 0. The van der Waals surface area contributed by atoms with Gasteiger partial charge in [-0.3, -0.25) is 0 Å². The lowest BCUT2D eigenvalue weighted by atomic mass is 10.1. The maximum Gasteiger partial charge on any atom is 0.347 e. The molecule has 0 radical (unpaired) electrons. The molecule has 0 fully saturated rings. The van der Waals surface area contributed by atoms with Crippen molar-refractivity contribution in [3.63, 3.8) is 0 Å². The van der Waals surface area contributed by atoms with Crippen molar-refractivity contribution < 1.29 is 9.90 Å². The van der Waals surface area contributed by atoms with Gasteiger partial charge in [-0.1, -0.05) is 37.1 Å². The van der Waals surface area contributed by atoms with Gasteiger partial charge in [0.25, 0.3) is 0 Å². The summed E-state index contributed by atoms with van der Waals surface area (Å²) in [5, 5.41) is 9.97. The molecule has 0 saturated heterocycles. The van der Waals surface area contributed by atoms with Crippen LogP contribution in [0.25, 0.3) is 10.6 Å². The van der Waals surface area contributed by atoms with Gasteiger partial charge in [-0.15, -0.1) is 11.3 Å². The first kappa shape index (κ1) is 12.8. The lowest BCUT2D eigenvalue weighted by Gasteiger charge is -1.97. The summed E-state index contributed by atoms with van der Waals surface area (Å²) in [5.41, 5.74) is 2.84. The molecule has 94 valence electrons. The Morgan fingerprint density at radius 2 is 2.22 bits per heavy atom. The van der Waals surface area contributed by atoms with Crippen LogP contribution in [-0.2, 0) is 6.42 Å². The molecule has 2 rings (SSSR count). The van der Waals surface area contributed by atoms with Gasteiger partial charge in [0.15, 0.2) is 0 Å². The quantitative estimate of drug-likeness (QED) is 0.911. The summed E-state index contributed by atoms with van der Waals surface area (Å²) in [5.74, 6) is -0.880. The Labute approximate surface area is 110 Å². The average Bonchev–Trinajstić information content (AvgIpc) is 2.74. The molecule has 0 aliphatic heterocycles. The Morgan fingerprint density at radius 3 is 2.83 bits per heavy atom. The smallest absolute Gasteiger partial charge is 0.347 e. The fourth-order valence-electron chi connectivity index (χ4n) is 1.83. The minimum Gasteiger partial charge on any atom is -0.477 e. The fraction of sp³-hybridized carbons (Fsp3) is 0.286. The van der Waals surface area contributed by atoms with Crippen LogP contribution < -0.4 is 0 Å². The van der Waals surface area contributed by atoms with E-state index in [2.05, 4.69) is 4.98 Å². The minimum atomic E-state index is -0.880. The Kier molecular flexibility index (Phi) is 3.77. The highest BCUT2D eigenvalue weighted by Gasteiger charge is 2.17. The third kappa shape index (κ3) is 2.59. The molecule has 2 aromatic rings. The van der Waals surface area contributed by atoms with Crippen LogP contribution in [0, 0.1) is 6.92 Å². The van der Waals surface area contributed by atoms with Gasteiger partial charge in [-0.2, -0.15) is 0 Å². The molecule has 0 spiro atoms. The van der Waals surface area contributed by atoms with E-state index >= 15 is 0 Å². The second kappa shape index (κ2) is 5.31. The molecule has 0 aliphatic carbocycles. The van der Waals surface area contributed by atoms with Crippen LogP contribution in [0.3, 0.4) is 0 Å². The summed E-state index contributed by atoms with van der Waals surface area (Å²) in [7, 11) is 0. The van der Waals surface area contributed by atoms with E-state index in [9.17, 15) is 9.90 Å². The van der Waals surface area contributed by atoms with Crippen LogP contribution >= 0.6 is 11.3 Å². The number of nitrogens with zero attached hydrogens (tertiary/aromatic N) is 1. The highest BCUT2D eigenvalue weighted by molar-refractivity contribution is 7.17. The SMILES string of the molecule is CCCc1nc(-c2cccc(C)c2)sc1C(=O)O. The zero-order valence-corrected chi connectivity index (χ0v) is 11.3. The van der Waals surface area contributed by atoms with Crippen molar-refractivity contribution in [1.29, 1.82) is 0 Å². The van der Waals surface area contributed by atoms with Crippen LogP contribution in [-0.4, -0.2) is 16.1 Å². The molecule has 1 heterocycles. The third-order valence-corrected chi connectivity index (χ3v) is 3.78. The van der Waals surface area contributed by atoms with Crippen molar-refractivity contribution >= 4 is 17.3 Å². The van der Waals surface area contributed by atoms with Gasteiger partial charge in [-0.25, -0.2) is 9.78 Å². The summed E-state index contributed by atoms with van der Waals surface area (Å²) >= 11 is 1.26. The lowest BCUT2D eigenvalue weighted by molar-refractivity contribution is 0.0700. The van der Waals surface area contributed by atoms with Crippen LogP contribution in [0.15, 0.2) is 24.3 Å². The first-order chi connectivity index (χ1) is 8.61. The van der Waals surface area contributed by atoms with E-state index in [0.717, 1.165) is 22.6 Å². The minimum absolute atomic E-state index is 0.369. The topological polar surface area (TPSA) is 50.2 Å². The molecular formula is C14H15NO2S. The number of aryl methyl sites for hydroxylation is 2. The molecule has 1 aromatic heterocycles. The molecule has 0 amide bonds. The molecule has 0 unspecified atom stereocenters. The summed E-state index contributed by atoms with van der Waals surface area (Å²) in [6.45, 7) is 4.04. The second-order valence-corrected chi connectivity index (χ2v) is 5.22. The summed E-state index contributed by atoms with van der Waals surface area (Å²) in [6, 6.07) is 7.97. The summed E-state index contributed by atoms with van der Waals surface area (Å²) in [4.78, 5) is 16.0. The van der Waals surface area contributed by atoms with Crippen LogP contribution in [0.5, 0.6) is 0 Å². The number of thiazole rings is 1. The Hall–Kier alpha value is -1.68. The zero-order valence-electron chi connectivity index (χ0n) is 10.4. The van der Waals surface area contributed by atoms with Gasteiger partial charge in [0.05, 0.1) is 5.69 Å². The van der Waals surface area contributed by atoms with Gasteiger partial charge in [0, 0.05) is 5.56 Å². The van der Waals surface area contributed by atoms with Gasteiger partial charge < -0.3 is 5.11 Å². The van der Waals surface area contributed by atoms with Gasteiger partial charge in [-0.05, 0) is 19.4 Å². The maximum atomic E-state index is 11.2. The van der Waals surface area contributed by atoms with Gasteiger partial charge in [0.1, 0.15) is 9.88 Å². The van der Waals surface area contributed by atoms with E-state index in [1.165, 1.54) is 11.3 Å². The predicted octanol–water partition coefficient (Wildman–Crippen LogP) is 3.77. The number of hydrogen-bond donors (Lipinski definition) is 1. The number of aromatic carboxylic acids is 1. The van der Waals surface area contributed by atoms with Crippen molar-refractivity contribution in [1.82, 2.24) is 4.98 Å². The molecule has 1 aromatic carbocycles. The fourth-order valence-corrected chi connectivity index (χ4v) is 2.77. The monoisotopic (exact) mass is 261 g/mol. The maximum absolute atomic E-state index is 11.2. The molecule has 0 atom stereocenters. The summed E-state index contributed by atoms with van der Waals surface area (Å²) in [6.07, 6.45) is 1.61. The van der Waals surface area contributed by atoms with E-state index in [0.29, 0.717) is 17.0 Å². The average molecular weight is 261 g/mol. The second-order valence-electron chi connectivity index (χ2n) is 4.22. The van der Waals surface area contributed by atoms with E-state index < -0.39 is 5.97 Å². The van der Waals surface area contributed by atoms with Crippen molar-refractivity contribution in [3.05, 3.63) is 40.4 Å². The number of carboxylic acid groups (broad SMARTS) is 1. The van der Waals surface area contributed by atoms with Crippen LogP contribution in [0.2, 0.25) is 0 Å². The highest BCUT2D eigenvalue weighted by atomic mass is 32.1. The van der Waals surface area contributed by atoms with E-state index in [4.69, 9.17) is 0 Å². The number of aromatic nitrogens is 1. The molecule has 1 N–H and O–H groups in total. The Morgan fingerprint density at radius 1 is 1.44 bits per heavy atom. The third-order valence-electron chi connectivity index (χ3n) is 2.64. The van der Waals surface area contributed by atoms with Crippen LogP contribution in [0.1, 0.15) is 34.3 Å². The Balaban J connectivity index is 2.46. The molecule has 0 aliphatic rings. The van der Waals surface area contributed by atoms with Crippen molar-refractivity contribution in [2.45, 2.75) is 26.7 Å². The van der Waals surface area contributed by atoms with E-state index in [1.54, 1.807) is 0 Å². The van der Waals surface area contributed by atoms with E-state index in [1.807, 2.05) is 38.1 Å². The number of carbonyl (C=O) groups is 1. The molecule has 0 saturated carbocycles. The first-order valence-corrected chi connectivity index (χ1v) is 6.73. The molecular weight excluding hydrogens is 246 g/mol. The van der Waals surface area contributed by atoms with Crippen molar-refractivity contribution in [2.24, 2.45) is 0 Å². The van der Waals surface area contributed by atoms with Crippen LogP contribution in [0.4, 0.5) is 0 Å². The molecule has 3 nitrogen and oxygen atoms in total. The molecule has 18 heavy (non-hydrogen) atoms. The standard InChI is InChI=1S/C14H15NO2S/c1-3-5-11-12(14(16)17)18-13(15-11)10-7-4-6-9(2)8-10/h4,6-8H,3,5H2,1-2H3,(H,16,17). The number of benzene rings is 1. The molecule has 4 heteroatoms. The van der Waals surface area contributed by atoms with Crippen molar-refractivity contribution in [2.75, 3.05) is 0 Å². The number of hydrogen-bond acceptors (Lipinski definition) is 3. The lowest BCUT2D eigenvalue weighted by Crippen LogP contribution is -1.98.